The summed E-state index contributed by atoms with van der Waals surface area (Å²) in [5.74, 6) is -1.40. The van der Waals surface area contributed by atoms with Crippen molar-refractivity contribution in [1.29, 1.82) is 0 Å². The van der Waals surface area contributed by atoms with Crippen molar-refractivity contribution in [3.63, 3.8) is 0 Å². The Morgan fingerprint density at radius 3 is 0.811 bits per heavy atom. The molecule has 0 N–H and O–H groups in total. The van der Waals surface area contributed by atoms with Gasteiger partial charge in [-0.1, -0.05) is 97.3 Å². The van der Waals surface area contributed by atoms with Crippen LogP contribution in [-0.2, 0) is 38.1 Å². The van der Waals surface area contributed by atoms with Gasteiger partial charge in [-0.15, -0.1) is 0 Å². The van der Waals surface area contributed by atoms with E-state index in [4.69, 9.17) is 18.9 Å². The minimum absolute atomic E-state index is 0.279. The van der Waals surface area contributed by atoms with Crippen molar-refractivity contribution in [2.24, 2.45) is 0 Å². The molecule has 0 atom stereocenters. The molecule has 0 amide bonds. The molecule has 0 spiro atoms. The number of hydrogen-bond donors (Lipinski definition) is 0. The van der Waals surface area contributed by atoms with Crippen LogP contribution in [0.2, 0.25) is 0 Å². The second kappa shape index (κ2) is 26.9. The maximum atomic E-state index is 11.7. The van der Waals surface area contributed by atoms with Gasteiger partial charge in [0, 0.05) is 25.7 Å². The molecule has 0 saturated heterocycles. The molecule has 0 rings (SSSR count). The lowest BCUT2D eigenvalue weighted by Gasteiger charge is -2.07. The zero-order valence-electron chi connectivity index (χ0n) is 23.5. The molecule has 8 heteroatoms. The van der Waals surface area contributed by atoms with E-state index in [-0.39, 0.29) is 50.3 Å². The first-order valence-electron chi connectivity index (χ1n) is 14.6. The molecule has 0 fully saturated rings. The summed E-state index contributed by atoms with van der Waals surface area (Å²) in [6.07, 6.45) is 18.4. The Morgan fingerprint density at radius 2 is 0.568 bits per heavy atom. The minimum Gasteiger partial charge on any atom is -0.428 e. The molecule has 0 radical (unpaired) electrons. The van der Waals surface area contributed by atoms with Gasteiger partial charge in [0.25, 0.3) is 0 Å². The second-order valence-electron chi connectivity index (χ2n) is 9.60. The van der Waals surface area contributed by atoms with Crippen molar-refractivity contribution in [3.05, 3.63) is 0 Å². The average molecular weight is 529 g/mol. The van der Waals surface area contributed by atoms with E-state index in [1.54, 1.807) is 0 Å². The first-order chi connectivity index (χ1) is 18.0. The molecular weight excluding hydrogens is 476 g/mol. The molecule has 0 aliphatic rings. The van der Waals surface area contributed by atoms with Gasteiger partial charge in [-0.25, -0.2) is 0 Å². The zero-order valence-corrected chi connectivity index (χ0v) is 23.5. The van der Waals surface area contributed by atoms with Crippen LogP contribution in [0.5, 0.6) is 0 Å². The Bertz CT molecular complexity index is 540. The van der Waals surface area contributed by atoms with Gasteiger partial charge in [0.1, 0.15) is 0 Å². The predicted octanol–water partition coefficient (Wildman–Crippen LogP) is 7.31. The van der Waals surface area contributed by atoms with E-state index in [0.29, 0.717) is 25.7 Å². The zero-order chi connectivity index (χ0) is 27.4. The number of carbonyl (C=O) groups is 4. The summed E-state index contributed by atoms with van der Waals surface area (Å²) in [4.78, 5) is 46.7. The summed E-state index contributed by atoms with van der Waals surface area (Å²) < 4.78 is 19.8. The smallest absolute Gasteiger partial charge is 0.308 e. The highest BCUT2D eigenvalue weighted by Gasteiger charge is 2.08. The highest BCUT2D eigenvalue weighted by atomic mass is 16.7. The highest BCUT2D eigenvalue weighted by Crippen LogP contribution is 2.10. The number of ether oxygens (including phenoxy) is 4. The van der Waals surface area contributed by atoms with Gasteiger partial charge in [0.05, 0.1) is 0 Å². The summed E-state index contributed by atoms with van der Waals surface area (Å²) in [5, 5.41) is 0. The molecule has 0 aromatic rings. The molecule has 0 bridgehead atoms. The molecule has 0 unspecified atom stereocenters. The number of esters is 4. The van der Waals surface area contributed by atoms with E-state index in [2.05, 4.69) is 13.8 Å². The van der Waals surface area contributed by atoms with Gasteiger partial charge in [-0.3, -0.25) is 19.2 Å². The van der Waals surface area contributed by atoms with E-state index in [1.807, 2.05) is 0 Å². The Morgan fingerprint density at radius 1 is 0.351 bits per heavy atom. The SMILES string of the molecule is CCCCCCCCC(=O)OCOC(=O)CCCCCCCC(=O)OCOC(=O)CCCCCCCC. The van der Waals surface area contributed by atoms with Crippen LogP contribution in [0.4, 0.5) is 0 Å². The van der Waals surface area contributed by atoms with E-state index in [9.17, 15) is 19.2 Å². The Kier molecular flexibility index (Phi) is 25.4. The summed E-state index contributed by atoms with van der Waals surface area (Å²) >= 11 is 0. The second-order valence-corrected chi connectivity index (χ2v) is 9.60. The van der Waals surface area contributed by atoms with Crippen LogP contribution in [0.15, 0.2) is 0 Å². The van der Waals surface area contributed by atoms with Crippen LogP contribution in [-0.4, -0.2) is 37.5 Å². The molecule has 0 aliphatic heterocycles. The van der Waals surface area contributed by atoms with Crippen LogP contribution in [0, 0.1) is 0 Å². The lowest BCUT2D eigenvalue weighted by Crippen LogP contribution is -2.12. The Balaban J connectivity index is 3.46. The van der Waals surface area contributed by atoms with Gasteiger partial charge in [0.2, 0.25) is 13.6 Å². The number of unbranched alkanes of at least 4 members (excludes halogenated alkanes) is 14. The van der Waals surface area contributed by atoms with Crippen molar-refractivity contribution >= 4 is 23.9 Å². The van der Waals surface area contributed by atoms with Gasteiger partial charge in [-0.2, -0.15) is 0 Å². The van der Waals surface area contributed by atoms with Crippen LogP contribution in [0.1, 0.15) is 149 Å². The van der Waals surface area contributed by atoms with Crippen molar-refractivity contribution in [3.8, 4) is 0 Å². The lowest BCUT2D eigenvalue weighted by molar-refractivity contribution is -0.169. The average Bonchev–Trinajstić information content (AvgIpc) is 2.87. The molecule has 0 heterocycles. The van der Waals surface area contributed by atoms with Gasteiger partial charge >= 0.3 is 23.9 Å². The maximum Gasteiger partial charge on any atom is 0.308 e. The third kappa shape index (κ3) is 26.7. The largest absolute Gasteiger partial charge is 0.428 e. The number of hydrogen-bond acceptors (Lipinski definition) is 8. The standard InChI is InChI=1S/C29H52O8/c1-3-5-7-9-12-16-20-26(30)34-24-36-28(32)22-18-14-11-15-19-23-29(33)37-25-35-27(31)21-17-13-10-8-6-4-2/h3-25H2,1-2H3. The fourth-order valence-corrected chi connectivity index (χ4v) is 3.78. The summed E-state index contributed by atoms with van der Waals surface area (Å²) in [6, 6.07) is 0. The molecule has 8 nitrogen and oxygen atoms in total. The number of carbonyl (C=O) groups excluding carboxylic acids is 4. The van der Waals surface area contributed by atoms with Crippen molar-refractivity contribution in [1.82, 2.24) is 0 Å². The Labute approximate surface area is 224 Å². The first kappa shape index (κ1) is 34.9. The third-order valence-corrected chi connectivity index (χ3v) is 6.11. The summed E-state index contributed by atoms with van der Waals surface area (Å²) in [7, 11) is 0. The molecule has 0 saturated carbocycles. The molecular formula is C29H52O8. The van der Waals surface area contributed by atoms with E-state index >= 15 is 0 Å². The maximum absolute atomic E-state index is 11.7. The van der Waals surface area contributed by atoms with E-state index in [1.165, 1.54) is 38.5 Å². The van der Waals surface area contributed by atoms with Crippen LogP contribution < -0.4 is 0 Å². The molecule has 37 heavy (non-hydrogen) atoms. The quantitative estimate of drug-likeness (QED) is 0.0654. The molecule has 0 aromatic carbocycles. The van der Waals surface area contributed by atoms with E-state index < -0.39 is 0 Å². The lowest BCUT2D eigenvalue weighted by atomic mass is 10.1. The van der Waals surface area contributed by atoms with Crippen molar-refractivity contribution < 1.29 is 38.1 Å². The molecule has 0 aromatic heterocycles. The first-order valence-corrected chi connectivity index (χ1v) is 14.6. The Hall–Kier alpha value is -2.12. The highest BCUT2D eigenvalue weighted by molar-refractivity contribution is 5.71. The third-order valence-electron chi connectivity index (χ3n) is 6.11. The van der Waals surface area contributed by atoms with Gasteiger partial charge < -0.3 is 18.9 Å². The van der Waals surface area contributed by atoms with Gasteiger partial charge in [0.15, 0.2) is 0 Å². The topological polar surface area (TPSA) is 105 Å². The summed E-state index contributed by atoms with van der Waals surface area (Å²) in [6.45, 7) is 3.71. The number of rotatable bonds is 26. The van der Waals surface area contributed by atoms with Crippen LogP contribution >= 0.6 is 0 Å². The van der Waals surface area contributed by atoms with Crippen LogP contribution in [0.3, 0.4) is 0 Å². The van der Waals surface area contributed by atoms with Gasteiger partial charge in [-0.05, 0) is 25.7 Å². The monoisotopic (exact) mass is 528 g/mol. The normalized spacial score (nSPS) is 10.6. The fraction of sp³-hybridized carbons (Fsp3) is 0.862. The molecule has 216 valence electrons. The minimum atomic E-state index is -0.373. The van der Waals surface area contributed by atoms with Crippen LogP contribution in [0.25, 0.3) is 0 Å². The van der Waals surface area contributed by atoms with E-state index in [0.717, 1.165) is 57.8 Å². The predicted molar refractivity (Wildman–Crippen MR) is 142 cm³/mol. The van der Waals surface area contributed by atoms with Crippen molar-refractivity contribution in [2.45, 2.75) is 149 Å². The van der Waals surface area contributed by atoms with Crippen molar-refractivity contribution in [2.75, 3.05) is 13.6 Å². The molecule has 0 aliphatic carbocycles. The summed E-state index contributed by atoms with van der Waals surface area (Å²) in [5.41, 5.74) is 0. The fourth-order valence-electron chi connectivity index (χ4n) is 3.78.